The molecule has 0 spiro atoms. The SMILES string of the molecule is COc1ccc(C(=O)Nc2cccc3c2OCC(=O)N3)cc1-c1ccccc1. The molecule has 3 aromatic rings. The molecule has 0 saturated carbocycles. The fraction of sp³-hybridized carbons (Fsp3) is 0.0909. The summed E-state index contributed by atoms with van der Waals surface area (Å²) >= 11 is 0. The number of carbonyl (C=O) groups is 2. The number of ether oxygens (including phenoxy) is 2. The Morgan fingerprint density at radius 3 is 2.68 bits per heavy atom. The molecule has 0 radical (unpaired) electrons. The minimum Gasteiger partial charge on any atom is -0.496 e. The summed E-state index contributed by atoms with van der Waals surface area (Å²) in [4.78, 5) is 24.3. The number of amides is 2. The largest absolute Gasteiger partial charge is 0.496 e. The predicted octanol–water partition coefficient (Wildman–Crippen LogP) is 3.95. The fourth-order valence-corrected chi connectivity index (χ4v) is 3.10. The topological polar surface area (TPSA) is 76.7 Å². The van der Waals surface area contributed by atoms with E-state index in [0.29, 0.717) is 28.4 Å². The van der Waals surface area contributed by atoms with Crippen LogP contribution in [-0.2, 0) is 4.79 Å². The number of methoxy groups -OCH3 is 1. The van der Waals surface area contributed by atoms with Crippen molar-refractivity contribution in [3.63, 3.8) is 0 Å². The lowest BCUT2D eigenvalue weighted by atomic mass is 10.0. The van der Waals surface area contributed by atoms with Crippen LogP contribution >= 0.6 is 0 Å². The lowest BCUT2D eigenvalue weighted by Crippen LogP contribution is -2.26. The Morgan fingerprint density at radius 1 is 1.07 bits per heavy atom. The van der Waals surface area contributed by atoms with Crippen molar-refractivity contribution >= 4 is 23.2 Å². The molecule has 0 saturated heterocycles. The summed E-state index contributed by atoms with van der Waals surface area (Å²) in [5, 5.41) is 5.59. The molecule has 4 rings (SSSR count). The number of hydrogen-bond donors (Lipinski definition) is 2. The zero-order valence-corrected chi connectivity index (χ0v) is 15.2. The van der Waals surface area contributed by atoms with Gasteiger partial charge >= 0.3 is 0 Å². The molecule has 0 unspecified atom stereocenters. The van der Waals surface area contributed by atoms with Crippen molar-refractivity contribution in [1.29, 1.82) is 0 Å². The maximum Gasteiger partial charge on any atom is 0.262 e. The van der Waals surface area contributed by atoms with Gasteiger partial charge in [-0.3, -0.25) is 9.59 Å². The van der Waals surface area contributed by atoms with Gasteiger partial charge in [-0.05, 0) is 35.9 Å². The molecule has 0 bridgehead atoms. The van der Waals surface area contributed by atoms with Crippen LogP contribution < -0.4 is 20.1 Å². The third-order valence-corrected chi connectivity index (χ3v) is 4.43. The first kappa shape index (κ1) is 17.6. The van der Waals surface area contributed by atoms with Crippen molar-refractivity contribution in [2.24, 2.45) is 0 Å². The van der Waals surface area contributed by atoms with E-state index < -0.39 is 0 Å². The van der Waals surface area contributed by atoms with E-state index in [-0.39, 0.29) is 18.4 Å². The molecule has 140 valence electrons. The molecule has 1 aliphatic heterocycles. The zero-order valence-electron chi connectivity index (χ0n) is 15.2. The first-order valence-electron chi connectivity index (χ1n) is 8.76. The Bertz CT molecular complexity index is 1050. The second-order valence-electron chi connectivity index (χ2n) is 6.25. The van der Waals surface area contributed by atoms with Crippen molar-refractivity contribution in [3.05, 3.63) is 72.3 Å². The van der Waals surface area contributed by atoms with Gasteiger partial charge in [-0.15, -0.1) is 0 Å². The summed E-state index contributed by atoms with van der Waals surface area (Å²) in [6.45, 7) is -0.0828. The average molecular weight is 374 g/mol. The molecule has 2 N–H and O–H groups in total. The quantitative estimate of drug-likeness (QED) is 0.725. The normalized spacial score (nSPS) is 12.4. The van der Waals surface area contributed by atoms with Crippen molar-refractivity contribution in [3.8, 4) is 22.6 Å². The molecule has 0 aromatic heterocycles. The standard InChI is InChI=1S/C22H18N2O4/c1-27-19-11-10-15(12-16(19)14-6-3-2-4-7-14)22(26)24-18-9-5-8-17-21(18)28-13-20(25)23-17/h2-12H,13H2,1H3,(H,23,25)(H,24,26). The molecular weight excluding hydrogens is 356 g/mol. The van der Waals surface area contributed by atoms with E-state index in [0.717, 1.165) is 11.1 Å². The van der Waals surface area contributed by atoms with Gasteiger partial charge in [-0.25, -0.2) is 0 Å². The van der Waals surface area contributed by atoms with Gasteiger partial charge < -0.3 is 20.1 Å². The van der Waals surface area contributed by atoms with Gasteiger partial charge in [0.15, 0.2) is 12.4 Å². The lowest BCUT2D eigenvalue weighted by molar-refractivity contribution is -0.118. The molecule has 28 heavy (non-hydrogen) atoms. The highest BCUT2D eigenvalue weighted by molar-refractivity contribution is 6.07. The molecule has 6 heteroatoms. The molecule has 3 aromatic carbocycles. The highest BCUT2D eigenvalue weighted by atomic mass is 16.5. The van der Waals surface area contributed by atoms with Crippen molar-refractivity contribution in [2.45, 2.75) is 0 Å². The van der Waals surface area contributed by atoms with Gasteiger partial charge in [0.1, 0.15) is 5.75 Å². The van der Waals surface area contributed by atoms with E-state index >= 15 is 0 Å². The number of anilines is 2. The molecule has 1 heterocycles. The molecule has 0 fully saturated rings. The van der Waals surface area contributed by atoms with Crippen LogP contribution in [-0.4, -0.2) is 25.5 Å². The van der Waals surface area contributed by atoms with Crippen LogP contribution in [0.4, 0.5) is 11.4 Å². The molecule has 0 aliphatic carbocycles. The maximum absolute atomic E-state index is 12.9. The summed E-state index contributed by atoms with van der Waals surface area (Å²) in [7, 11) is 1.60. The smallest absolute Gasteiger partial charge is 0.262 e. The fourth-order valence-electron chi connectivity index (χ4n) is 3.10. The summed E-state index contributed by atoms with van der Waals surface area (Å²) in [6.07, 6.45) is 0. The van der Waals surface area contributed by atoms with Gasteiger partial charge in [0.05, 0.1) is 18.5 Å². The first-order valence-corrected chi connectivity index (χ1v) is 8.76. The Balaban J connectivity index is 1.65. The van der Waals surface area contributed by atoms with Gasteiger partial charge in [0.2, 0.25) is 0 Å². The monoisotopic (exact) mass is 374 g/mol. The second-order valence-corrected chi connectivity index (χ2v) is 6.25. The van der Waals surface area contributed by atoms with Gasteiger partial charge in [0, 0.05) is 11.1 Å². The van der Waals surface area contributed by atoms with E-state index in [2.05, 4.69) is 10.6 Å². The van der Waals surface area contributed by atoms with E-state index in [1.54, 1.807) is 43.5 Å². The highest BCUT2D eigenvalue weighted by Crippen LogP contribution is 2.36. The number of carbonyl (C=O) groups excluding carboxylic acids is 2. The van der Waals surface area contributed by atoms with Crippen LogP contribution in [0.2, 0.25) is 0 Å². The molecule has 1 aliphatic rings. The highest BCUT2D eigenvalue weighted by Gasteiger charge is 2.20. The Hall–Kier alpha value is -3.80. The predicted molar refractivity (Wildman–Crippen MR) is 107 cm³/mol. The van der Waals surface area contributed by atoms with Gasteiger partial charge in [0.25, 0.3) is 11.8 Å². The summed E-state index contributed by atoms with van der Waals surface area (Å²) in [5.41, 5.74) is 3.30. The van der Waals surface area contributed by atoms with Crippen molar-refractivity contribution in [2.75, 3.05) is 24.4 Å². The summed E-state index contributed by atoms with van der Waals surface area (Å²) < 4.78 is 10.9. The third kappa shape index (κ3) is 3.40. The minimum absolute atomic E-state index is 0.0828. The van der Waals surface area contributed by atoms with Gasteiger partial charge in [-0.2, -0.15) is 0 Å². The first-order chi connectivity index (χ1) is 13.7. The molecule has 2 amide bonds. The second kappa shape index (κ2) is 7.44. The van der Waals surface area contributed by atoms with Crippen LogP contribution in [0.25, 0.3) is 11.1 Å². The number of hydrogen-bond acceptors (Lipinski definition) is 4. The van der Waals surface area contributed by atoms with E-state index in [4.69, 9.17) is 9.47 Å². The lowest BCUT2D eigenvalue weighted by Gasteiger charge is -2.21. The molecular formula is C22H18N2O4. The number of rotatable bonds is 4. The Morgan fingerprint density at radius 2 is 1.89 bits per heavy atom. The van der Waals surface area contributed by atoms with Crippen molar-refractivity contribution < 1.29 is 19.1 Å². The van der Waals surface area contributed by atoms with Gasteiger partial charge in [-0.1, -0.05) is 36.4 Å². The number of nitrogens with one attached hydrogen (secondary N) is 2. The van der Waals surface area contributed by atoms with Crippen LogP contribution in [0.3, 0.4) is 0 Å². The third-order valence-electron chi connectivity index (χ3n) is 4.43. The molecule has 0 atom stereocenters. The van der Waals surface area contributed by atoms with E-state index in [1.807, 2.05) is 30.3 Å². The molecule has 6 nitrogen and oxygen atoms in total. The van der Waals surface area contributed by atoms with E-state index in [9.17, 15) is 9.59 Å². The summed E-state index contributed by atoms with van der Waals surface area (Å²) in [5.74, 6) is 0.630. The van der Waals surface area contributed by atoms with Crippen LogP contribution in [0.5, 0.6) is 11.5 Å². The zero-order chi connectivity index (χ0) is 19.5. The van der Waals surface area contributed by atoms with E-state index in [1.165, 1.54) is 0 Å². The van der Waals surface area contributed by atoms with Crippen molar-refractivity contribution in [1.82, 2.24) is 0 Å². The maximum atomic E-state index is 12.9. The Labute approximate surface area is 162 Å². The minimum atomic E-state index is -0.284. The van der Waals surface area contributed by atoms with Crippen LogP contribution in [0.15, 0.2) is 66.7 Å². The summed E-state index contributed by atoms with van der Waals surface area (Å²) in [6, 6.07) is 20.2. The van der Waals surface area contributed by atoms with Crippen LogP contribution in [0.1, 0.15) is 10.4 Å². The average Bonchev–Trinajstić information content (AvgIpc) is 2.73. The number of benzene rings is 3. The number of fused-ring (bicyclic) bond motifs is 1. The number of para-hydroxylation sites is 1. The van der Waals surface area contributed by atoms with Crippen LogP contribution in [0, 0.1) is 0 Å². The Kier molecular flexibility index (Phi) is 4.68.